The van der Waals surface area contributed by atoms with E-state index in [1.165, 1.54) is 5.56 Å². The molecule has 0 aliphatic carbocycles. The van der Waals surface area contributed by atoms with Gasteiger partial charge in [0.1, 0.15) is 0 Å². The summed E-state index contributed by atoms with van der Waals surface area (Å²) in [6, 6.07) is 18.2. The first-order valence-electron chi connectivity index (χ1n) is 8.03. The summed E-state index contributed by atoms with van der Waals surface area (Å²) < 4.78 is 5.79. The van der Waals surface area contributed by atoms with E-state index in [1.54, 1.807) is 0 Å². The highest BCUT2D eigenvalue weighted by molar-refractivity contribution is 6.30. The quantitative estimate of drug-likeness (QED) is 0.709. The molecule has 0 saturated carbocycles. The second-order valence-corrected chi connectivity index (χ2v) is 6.30. The van der Waals surface area contributed by atoms with Gasteiger partial charge in [-0.3, -0.25) is 5.10 Å². The Balaban J connectivity index is 0.00000182. The number of aromatic amines is 1. The molecule has 0 bridgehead atoms. The summed E-state index contributed by atoms with van der Waals surface area (Å²) in [5, 5.41) is 11.6. The fourth-order valence-corrected chi connectivity index (χ4v) is 3.11. The van der Waals surface area contributed by atoms with Gasteiger partial charge in [0.05, 0.1) is 24.1 Å². The van der Waals surface area contributed by atoms with Crippen LogP contribution in [-0.4, -0.2) is 29.9 Å². The number of halogens is 2. The van der Waals surface area contributed by atoms with Crippen molar-refractivity contribution in [1.82, 2.24) is 15.5 Å². The lowest BCUT2D eigenvalue weighted by atomic mass is 10.0. The second kappa shape index (κ2) is 8.02. The van der Waals surface area contributed by atoms with Crippen molar-refractivity contribution in [2.24, 2.45) is 0 Å². The van der Waals surface area contributed by atoms with E-state index in [1.807, 2.05) is 30.3 Å². The van der Waals surface area contributed by atoms with Gasteiger partial charge >= 0.3 is 0 Å². The molecule has 1 saturated heterocycles. The van der Waals surface area contributed by atoms with Crippen LogP contribution in [0, 0.1) is 0 Å². The molecule has 0 spiro atoms. The Labute approximate surface area is 158 Å². The highest BCUT2D eigenvalue weighted by atomic mass is 35.5. The molecule has 25 heavy (non-hydrogen) atoms. The molecule has 6 heteroatoms. The topological polar surface area (TPSA) is 49.9 Å². The Morgan fingerprint density at radius 1 is 1.04 bits per heavy atom. The lowest BCUT2D eigenvalue weighted by molar-refractivity contribution is 0.0277. The SMILES string of the molecule is Cl.Clc1cccc(-c2cc(-c3ccc(C4CNCCO4)cc3)[nH]n2)c1. The number of nitrogens with zero attached hydrogens (tertiary/aromatic N) is 1. The summed E-state index contributed by atoms with van der Waals surface area (Å²) in [7, 11) is 0. The van der Waals surface area contributed by atoms with E-state index < -0.39 is 0 Å². The number of morpholine rings is 1. The minimum atomic E-state index is 0. The first-order chi connectivity index (χ1) is 11.8. The summed E-state index contributed by atoms with van der Waals surface area (Å²) in [5.74, 6) is 0. The van der Waals surface area contributed by atoms with Crippen molar-refractivity contribution in [2.75, 3.05) is 19.7 Å². The van der Waals surface area contributed by atoms with Crippen molar-refractivity contribution in [1.29, 1.82) is 0 Å². The van der Waals surface area contributed by atoms with Gasteiger partial charge in [-0.2, -0.15) is 5.10 Å². The largest absolute Gasteiger partial charge is 0.371 e. The van der Waals surface area contributed by atoms with Crippen molar-refractivity contribution in [2.45, 2.75) is 6.10 Å². The molecule has 4 rings (SSSR count). The van der Waals surface area contributed by atoms with Gasteiger partial charge in [0.2, 0.25) is 0 Å². The smallest absolute Gasteiger partial charge is 0.0949 e. The Hall–Kier alpha value is -1.85. The number of H-pyrrole nitrogens is 1. The van der Waals surface area contributed by atoms with Crippen LogP contribution in [0.5, 0.6) is 0 Å². The summed E-state index contributed by atoms with van der Waals surface area (Å²) in [6.07, 6.45) is 0.136. The van der Waals surface area contributed by atoms with E-state index in [0.29, 0.717) is 5.02 Å². The number of benzene rings is 2. The number of nitrogens with one attached hydrogen (secondary N) is 2. The maximum atomic E-state index is 6.05. The molecule has 4 nitrogen and oxygen atoms in total. The van der Waals surface area contributed by atoms with Crippen LogP contribution in [-0.2, 0) is 4.74 Å². The average Bonchev–Trinajstić information content (AvgIpc) is 3.13. The van der Waals surface area contributed by atoms with Gasteiger partial charge < -0.3 is 10.1 Å². The third-order valence-electron chi connectivity index (χ3n) is 4.22. The summed E-state index contributed by atoms with van der Waals surface area (Å²) in [6.45, 7) is 2.55. The predicted octanol–water partition coefficient (Wildman–Crippen LogP) is 4.48. The third-order valence-corrected chi connectivity index (χ3v) is 4.45. The molecule has 1 fully saturated rings. The zero-order chi connectivity index (χ0) is 16.4. The third kappa shape index (κ3) is 4.05. The fraction of sp³-hybridized carbons (Fsp3) is 0.211. The zero-order valence-electron chi connectivity index (χ0n) is 13.5. The Morgan fingerprint density at radius 3 is 2.60 bits per heavy atom. The molecule has 2 aromatic carbocycles. The number of aromatic nitrogens is 2. The minimum absolute atomic E-state index is 0. The number of ether oxygens (including phenoxy) is 1. The van der Waals surface area contributed by atoms with Crippen molar-refractivity contribution < 1.29 is 4.74 Å². The maximum absolute atomic E-state index is 6.05. The normalized spacial score (nSPS) is 17.1. The van der Waals surface area contributed by atoms with E-state index in [9.17, 15) is 0 Å². The number of hydrogen-bond donors (Lipinski definition) is 2. The molecule has 3 aromatic rings. The molecule has 0 amide bonds. The molecular formula is C19H19Cl2N3O. The summed E-state index contributed by atoms with van der Waals surface area (Å²) >= 11 is 6.05. The van der Waals surface area contributed by atoms with Crippen LogP contribution in [0.4, 0.5) is 0 Å². The molecule has 1 unspecified atom stereocenters. The van der Waals surface area contributed by atoms with Crippen LogP contribution < -0.4 is 5.32 Å². The molecule has 1 atom stereocenters. The molecule has 1 aliphatic heterocycles. The van der Waals surface area contributed by atoms with Gasteiger partial charge in [-0.15, -0.1) is 12.4 Å². The van der Waals surface area contributed by atoms with Gasteiger partial charge in [0.25, 0.3) is 0 Å². The molecule has 130 valence electrons. The Bertz CT molecular complexity index is 827. The van der Waals surface area contributed by atoms with Crippen molar-refractivity contribution >= 4 is 24.0 Å². The van der Waals surface area contributed by atoms with Crippen molar-refractivity contribution in [3.63, 3.8) is 0 Å². The van der Waals surface area contributed by atoms with Crippen LogP contribution in [0.1, 0.15) is 11.7 Å². The number of rotatable bonds is 3. The summed E-state index contributed by atoms with van der Waals surface area (Å²) in [4.78, 5) is 0. The monoisotopic (exact) mass is 375 g/mol. The van der Waals surface area contributed by atoms with Crippen LogP contribution in [0.25, 0.3) is 22.5 Å². The maximum Gasteiger partial charge on any atom is 0.0949 e. The van der Waals surface area contributed by atoms with E-state index >= 15 is 0 Å². The van der Waals surface area contributed by atoms with Gasteiger partial charge in [-0.05, 0) is 29.3 Å². The number of hydrogen-bond acceptors (Lipinski definition) is 3. The average molecular weight is 376 g/mol. The van der Waals surface area contributed by atoms with Crippen LogP contribution in [0.15, 0.2) is 54.6 Å². The van der Waals surface area contributed by atoms with E-state index in [4.69, 9.17) is 16.3 Å². The molecule has 1 aliphatic rings. The zero-order valence-corrected chi connectivity index (χ0v) is 15.1. The lowest BCUT2D eigenvalue weighted by Gasteiger charge is -2.24. The Kier molecular flexibility index (Phi) is 5.76. The Morgan fingerprint density at radius 2 is 1.88 bits per heavy atom. The molecular weight excluding hydrogens is 357 g/mol. The van der Waals surface area contributed by atoms with Gasteiger partial charge in [-0.1, -0.05) is 48.0 Å². The summed E-state index contributed by atoms with van der Waals surface area (Å²) in [5.41, 5.74) is 5.17. The standard InChI is InChI=1S/C19H18ClN3O.ClH/c20-16-3-1-2-15(10-16)18-11-17(22-23-18)13-4-6-14(7-5-13)19-12-21-8-9-24-19;/h1-7,10-11,19,21H,8-9,12H2,(H,22,23);1H. The second-order valence-electron chi connectivity index (χ2n) is 5.86. The van der Waals surface area contributed by atoms with E-state index in [2.05, 4.69) is 39.8 Å². The van der Waals surface area contributed by atoms with Crippen LogP contribution >= 0.6 is 24.0 Å². The van der Waals surface area contributed by atoms with Crippen molar-refractivity contribution in [3.05, 3.63) is 65.2 Å². The molecule has 2 heterocycles. The van der Waals surface area contributed by atoms with Crippen LogP contribution in [0.3, 0.4) is 0 Å². The first-order valence-corrected chi connectivity index (χ1v) is 8.41. The lowest BCUT2D eigenvalue weighted by Crippen LogP contribution is -2.33. The molecule has 2 N–H and O–H groups in total. The predicted molar refractivity (Wildman–Crippen MR) is 103 cm³/mol. The minimum Gasteiger partial charge on any atom is -0.371 e. The van der Waals surface area contributed by atoms with Gasteiger partial charge in [0, 0.05) is 23.7 Å². The fourth-order valence-electron chi connectivity index (χ4n) is 2.92. The van der Waals surface area contributed by atoms with Crippen LogP contribution in [0.2, 0.25) is 5.02 Å². The van der Waals surface area contributed by atoms with E-state index in [-0.39, 0.29) is 18.5 Å². The molecule has 1 aromatic heterocycles. The first kappa shape index (κ1) is 18.0. The molecule has 0 radical (unpaired) electrons. The van der Waals surface area contributed by atoms with Gasteiger partial charge in [0.15, 0.2) is 0 Å². The van der Waals surface area contributed by atoms with Crippen molar-refractivity contribution in [3.8, 4) is 22.5 Å². The van der Waals surface area contributed by atoms with Gasteiger partial charge in [-0.25, -0.2) is 0 Å². The van der Waals surface area contributed by atoms with E-state index in [0.717, 1.165) is 42.2 Å². The highest BCUT2D eigenvalue weighted by Crippen LogP contribution is 2.27. The highest BCUT2D eigenvalue weighted by Gasteiger charge is 2.15.